The van der Waals surface area contributed by atoms with Crippen LogP contribution < -0.4 is 15.8 Å². The molecule has 0 fully saturated rings. The molecule has 0 spiro atoms. The zero-order chi connectivity index (χ0) is 26.8. The average Bonchev–Trinajstić information content (AvgIpc) is 2.87. The number of hydrogen-bond donors (Lipinski definition) is 3. The highest BCUT2D eigenvalue weighted by atomic mass is 35.5. The van der Waals surface area contributed by atoms with Gasteiger partial charge in [-0.1, -0.05) is 42.8 Å². The van der Waals surface area contributed by atoms with Crippen molar-refractivity contribution in [3.8, 4) is 5.75 Å². The molecular formula is C28H31ClF2N2O4. The summed E-state index contributed by atoms with van der Waals surface area (Å²) in [6, 6.07) is 16.8. The second kappa shape index (κ2) is 14.0. The summed E-state index contributed by atoms with van der Waals surface area (Å²) >= 11 is 5.84. The number of aryl methyl sites for hydroxylation is 1. The Hall–Kier alpha value is -3.04. The Morgan fingerprint density at radius 3 is 2.38 bits per heavy atom. The maximum Gasteiger partial charge on any atom is 0.338 e. The molecule has 0 saturated carbocycles. The van der Waals surface area contributed by atoms with E-state index in [4.69, 9.17) is 26.8 Å². The van der Waals surface area contributed by atoms with E-state index in [1.807, 2.05) is 18.2 Å². The van der Waals surface area contributed by atoms with Crippen molar-refractivity contribution in [1.82, 2.24) is 5.32 Å². The van der Waals surface area contributed by atoms with Crippen LogP contribution in [-0.2, 0) is 28.9 Å². The van der Waals surface area contributed by atoms with Crippen molar-refractivity contribution < 1.29 is 28.2 Å². The van der Waals surface area contributed by atoms with Gasteiger partial charge in [-0.3, -0.25) is 0 Å². The lowest BCUT2D eigenvalue weighted by Gasteiger charge is -2.26. The molecule has 0 saturated heterocycles. The first-order valence-corrected chi connectivity index (χ1v) is 12.4. The van der Waals surface area contributed by atoms with E-state index in [1.165, 1.54) is 17.7 Å². The normalized spacial score (nSPS) is 13.6. The number of esters is 1. The minimum absolute atomic E-state index is 0.0526. The quantitative estimate of drug-likeness (QED) is 0.286. The Balaban J connectivity index is 1.63. The molecule has 0 amide bonds. The van der Waals surface area contributed by atoms with Gasteiger partial charge in [-0.2, -0.15) is 0 Å². The van der Waals surface area contributed by atoms with Crippen molar-refractivity contribution in [3.05, 3.63) is 100 Å². The molecule has 0 bridgehead atoms. The molecule has 3 rings (SSSR count). The molecular weight excluding hydrogens is 502 g/mol. The molecule has 37 heavy (non-hydrogen) atoms. The molecule has 4 N–H and O–H groups in total. The lowest BCUT2D eigenvalue weighted by molar-refractivity contribution is -0.161. The molecule has 198 valence electrons. The Bertz CT molecular complexity index is 1140. The minimum atomic E-state index is -1.57. The third-order valence-electron chi connectivity index (χ3n) is 5.71. The molecule has 0 heterocycles. The van der Waals surface area contributed by atoms with Gasteiger partial charge in [0.25, 0.3) is 0 Å². The summed E-state index contributed by atoms with van der Waals surface area (Å²) in [4.78, 5) is 12.6. The average molecular weight is 533 g/mol. The van der Waals surface area contributed by atoms with E-state index in [0.717, 1.165) is 18.1 Å². The molecule has 0 radical (unpaired) electrons. The molecule has 3 atom stereocenters. The Morgan fingerprint density at radius 2 is 1.70 bits per heavy atom. The van der Waals surface area contributed by atoms with E-state index < -0.39 is 35.9 Å². The van der Waals surface area contributed by atoms with E-state index in [1.54, 1.807) is 24.3 Å². The highest BCUT2D eigenvalue weighted by Crippen LogP contribution is 2.16. The highest BCUT2D eigenvalue weighted by molar-refractivity contribution is 6.30. The number of ether oxygens (including phenoxy) is 2. The first-order valence-electron chi connectivity index (χ1n) is 12.0. The summed E-state index contributed by atoms with van der Waals surface area (Å²) in [5.41, 5.74) is 8.88. The van der Waals surface area contributed by atoms with Gasteiger partial charge in [0.2, 0.25) is 0 Å². The van der Waals surface area contributed by atoms with Crippen molar-refractivity contribution in [2.45, 2.75) is 44.6 Å². The van der Waals surface area contributed by atoms with Crippen LogP contribution in [0.5, 0.6) is 5.75 Å². The maximum atomic E-state index is 13.7. The fraction of sp³-hybridized carbons (Fsp3) is 0.321. The molecule has 0 aromatic heterocycles. The van der Waals surface area contributed by atoms with Crippen molar-refractivity contribution in [2.24, 2.45) is 5.73 Å². The van der Waals surface area contributed by atoms with Gasteiger partial charge in [-0.05, 0) is 65.9 Å². The number of carbonyl (C=O) groups excluding carboxylic acids is 1. The fourth-order valence-electron chi connectivity index (χ4n) is 3.73. The van der Waals surface area contributed by atoms with Gasteiger partial charge < -0.3 is 25.6 Å². The zero-order valence-corrected chi connectivity index (χ0v) is 21.3. The minimum Gasteiger partial charge on any atom is -0.490 e. The van der Waals surface area contributed by atoms with E-state index in [9.17, 15) is 18.7 Å². The molecule has 0 aliphatic heterocycles. The second-order valence-electron chi connectivity index (χ2n) is 8.71. The lowest BCUT2D eigenvalue weighted by atomic mass is 10.0. The van der Waals surface area contributed by atoms with Crippen molar-refractivity contribution in [1.29, 1.82) is 0 Å². The van der Waals surface area contributed by atoms with Gasteiger partial charge in [-0.15, -0.1) is 0 Å². The zero-order valence-electron chi connectivity index (χ0n) is 20.5. The van der Waals surface area contributed by atoms with E-state index >= 15 is 0 Å². The van der Waals surface area contributed by atoms with Gasteiger partial charge in [0.05, 0.1) is 0 Å². The smallest absolute Gasteiger partial charge is 0.338 e. The first-order chi connectivity index (χ1) is 17.7. The van der Waals surface area contributed by atoms with Crippen molar-refractivity contribution in [2.75, 3.05) is 13.2 Å². The highest BCUT2D eigenvalue weighted by Gasteiger charge is 2.27. The van der Waals surface area contributed by atoms with Gasteiger partial charge in [0.1, 0.15) is 30.1 Å². The van der Waals surface area contributed by atoms with Crippen LogP contribution in [0.2, 0.25) is 5.02 Å². The Morgan fingerprint density at radius 1 is 1.03 bits per heavy atom. The monoisotopic (exact) mass is 532 g/mol. The number of hydrogen-bond acceptors (Lipinski definition) is 6. The predicted molar refractivity (Wildman–Crippen MR) is 138 cm³/mol. The topological polar surface area (TPSA) is 93.8 Å². The largest absolute Gasteiger partial charge is 0.490 e. The van der Waals surface area contributed by atoms with Gasteiger partial charge in [-0.25, -0.2) is 13.6 Å². The van der Waals surface area contributed by atoms with E-state index in [-0.39, 0.29) is 19.6 Å². The van der Waals surface area contributed by atoms with Crippen LogP contribution in [0.4, 0.5) is 8.78 Å². The molecule has 0 aliphatic carbocycles. The van der Waals surface area contributed by atoms with Crippen LogP contribution >= 0.6 is 11.6 Å². The standard InChI is InChI=1S/C28H31ClF2N2O4/c1-2-18-4-3-5-19(10-18)15-33-16-27(25(32)13-20-11-22(30)14-23(31)12-20)37-28(35)26(34)17-36-24-8-6-21(29)7-9-24/h3-12,14,25-27,33-34H,2,13,15-17,32H2,1H3/t25-,26?,27+/m0/s1. The van der Waals surface area contributed by atoms with E-state index in [2.05, 4.69) is 18.3 Å². The summed E-state index contributed by atoms with van der Waals surface area (Å²) in [6.45, 7) is 2.38. The third-order valence-corrected chi connectivity index (χ3v) is 5.96. The second-order valence-corrected chi connectivity index (χ2v) is 9.14. The molecule has 6 nitrogen and oxygen atoms in total. The van der Waals surface area contributed by atoms with E-state index in [0.29, 0.717) is 22.9 Å². The number of benzene rings is 3. The Labute approximate surface area is 220 Å². The number of carbonyl (C=O) groups is 1. The van der Waals surface area contributed by atoms with Gasteiger partial charge in [0, 0.05) is 30.2 Å². The van der Waals surface area contributed by atoms with Gasteiger partial charge in [0.15, 0.2) is 6.10 Å². The molecule has 3 aromatic carbocycles. The molecule has 1 unspecified atom stereocenters. The number of aliphatic hydroxyl groups excluding tert-OH is 1. The number of halogens is 3. The van der Waals surface area contributed by atoms with Crippen LogP contribution in [0.15, 0.2) is 66.7 Å². The number of nitrogens with two attached hydrogens (primary N) is 1. The fourth-order valence-corrected chi connectivity index (χ4v) is 3.86. The van der Waals surface area contributed by atoms with Crippen LogP contribution in [0.3, 0.4) is 0 Å². The number of rotatable bonds is 13. The molecule has 3 aromatic rings. The summed E-state index contributed by atoms with van der Waals surface area (Å²) in [7, 11) is 0. The van der Waals surface area contributed by atoms with Crippen molar-refractivity contribution in [3.63, 3.8) is 0 Å². The third kappa shape index (κ3) is 9.40. The summed E-state index contributed by atoms with van der Waals surface area (Å²) in [5, 5.41) is 14.0. The van der Waals surface area contributed by atoms with Crippen LogP contribution in [0.1, 0.15) is 23.6 Å². The number of aliphatic hydroxyl groups is 1. The van der Waals surface area contributed by atoms with Crippen molar-refractivity contribution >= 4 is 17.6 Å². The first kappa shape index (κ1) is 28.5. The lowest BCUT2D eigenvalue weighted by Crippen LogP contribution is -2.47. The predicted octanol–water partition coefficient (Wildman–Crippen LogP) is 4.19. The molecule has 9 heteroatoms. The SMILES string of the molecule is CCc1cccc(CNC[C@@H](OC(=O)C(O)COc2ccc(Cl)cc2)[C@@H](N)Cc2cc(F)cc(F)c2)c1. The summed E-state index contributed by atoms with van der Waals surface area (Å²) < 4.78 is 38.3. The van der Waals surface area contributed by atoms with Crippen LogP contribution in [-0.4, -0.2) is 42.5 Å². The molecule has 0 aliphatic rings. The van der Waals surface area contributed by atoms with Crippen LogP contribution in [0, 0.1) is 11.6 Å². The summed E-state index contributed by atoms with van der Waals surface area (Å²) in [6.07, 6.45) is -1.51. The van der Waals surface area contributed by atoms with Crippen LogP contribution in [0.25, 0.3) is 0 Å². The number of nitrogens with one attached hydrogen (secondary N) is 1. The maximum absolute atomic E-state index is 13.7. The Kier molecular flexibility index (Phi) is 10.8. The van der Waals surface area contributed by atoms with Gasteiger partial charge >= 0.3 is 5.97 Å². The summed E-state index contributed by atoms with van der Waals surface area (Å²) in [5.74, 6) is -1.94.